The topological polar surface area (TPSA) is 42.1 Å². The molecule has 0 saturated carbocycles. The van der Waals surface area contributed by atoms with Crippen molar-refractivity contribution in [1.29, 1.82) is 0 Å². The number of nitrogens with zero attached hydrogens (tertiary/aromatic N) is 2. The minimum atomic E-state index is 0.516. The molecule has 0 amide bonds. The van der Waals surface area contributed by atoms with Crippen LogP contribution in [0.4, 0.5) is 0 Å². The second-order valence-corrected chi connectivity index (χ2v) is 3.93. The zero-order valence-electron chi connectivity index (χ0n) is 8.61. The molecule has 14 heavy (non-hydrogen) atoms. The van der Waals surface area contributed by atoms with E-state index in [1.54, 1.807) is 0 Å². The third kappa shape index (κ3) is 1.79. The van der Waals surface area contributed by atoms with E-state index < -0.39 is 0 Å². The van der Waals surface area contributed by atoms with Crippen LogP contribution in [-0.2, 0) is 6.54 Å². The summed E-state index contributed by atoms with van der Waals surface area (Å²) in [7, 11) is 2.16. The van der Waals surface area contributed by atoms with Crippen LogP contribution in [0.1, 0.15) is 30.1 Å². The molecule has 0 radical (unpaired) electrons. The quantitative estimate of drug-likeness (QED) is 0.766. The maximum atomic E-state index is 5.53. The number of hydrogen-bond donors (Lipinski definition) is 1. The van der Waals surface area contributed by atoms with Crippen molar-refractivity contribution < 1.29 is 0 Å². The average Bonchev–Trinajstić information content (AvgIpc) is 2.65. The number of pyridine rings is 1. The first-order chi connectivity index (χ1) is 6.81. The normalized spacial score (nSPS) is 22.9. The second kappa shape index (κ2) is 4.07. The lowest BCUT2D eigenvalue weighted by Gasteiger charge is -2.18. The highest BCUT2D eigenvalue weighted by atomic mass is 15.2. The van der Waals surface area contributed by atoms with Crippen LogP contribution >= 0.6 is 0 Å². The Hall–Kier alpha value is -0.930. The molecule has 3 nitrogen and oxygen atoms in total. The number of likely N-dealkylation sites (tertiary alicyclic amines) is 1. The van der Waals surface area contributed by atoms with E-state index in [1.165, 1.54) is 25.1 Å². The van der Waals surface area contributed by atoms with Crippen molar-refractivity contribution in [3.63, 3.8) is 0 Å². The molecule has 1 aliphatic heterocycles. The van der Waals surface area contributed by atoms with Gasteiger partial charge in [-0.1, -0.05) is 6.07 Å². The van der Waals surface area contributed by atoms with E-state index in [4.69, 9.17) is 5.73 Å². The van der Waals surface area contributed by atoms with Gasteiger partial charge in [0.25, 0.3) is 0 Å². The third-order valence-electron chi connectivity index (χ3n) is 2.95. The van der Waals surface area contributed by atoms with Crippen LogP contribution in [-0.4, -0.2) is 23.5 Å². The summed E-state index contributed by atoms with van der Waals surface area (Å²) in [6.07, 6.45) is 4.40. The molecule has 1 aromatic rings. The zero-order valence-corrected chi connectivity index (χ0v) is 8.61. The lowest BCUT2D eigenvalue weighted by Crippen LogP contribution is -2.18. The average molecular weight is 191 g/mol. The summed E-state index contributed by atoms with van der Waals surface area (Å²) < 4.78 is 0. The summed E-state index contributed by atoms with van der Waals surface area (Å²) in [4.78, 5) is 6.83. The fraction of sp³-hybridized carbons (Fsp3) is 0.545. The molecule has 2 N–H and O–H groups in total. The van der Waals surface area contributed by atoms with Crippen LogP contribution in [0.3, 0.4) is 0 Å². The minimum Gasteiger partial charge on any atom is -0.326 e. The highest BCUT2D eigenvalue weighted by molar-refractivity contribution is 5.17. The van der Waals surface area contributed by atoms with Gasteiger partial charge < -0.3 is 5.73 Å². The largest absolute Gasteiger partial charge is 0.326 e. The lowest BCUT2D eigenvalue weighted by atomic mass is 10.1. The van der Waals surface area contributed by atoms with E-state index in [2.05, 4.69) is 29.1 Å². The summed E-state index contributed by atoms with van der Waals surface area (Å²) in [6.45, 7) is 1.76. The van der Waals surface area contributed by atoms with Gasteiger partial charge in [0.1, 0.15) is 0 Å². The molecule has 2 heterocycles. The highest BCUT2D eigenvalue weighted by Gasteiger charge is 2.23. The first-order valence-electron chi connectivity index (χ1n) is 5.16. The SMILES string of the molecule is CN1CCCC1c1ccc(CN)cn1. The van der Waals surface area contributed by atoms with Crippen molar-refractivity contribution in [3.05, 3.63) is 29.6 Å². The van der Waals surface area contributed by atoms with Crippen LogP contribution in [0.15, 0.2) is 18.3 Å². The Kier molecular flexibility index (Phi) is 2.79. The van der Waals surface area contributed by atoms with Crippen molar-refractivity contribution >= 4 is 0 Å². The summed E-state index contributed by atoms with van der Waals surface area (Å²) in [5.41, 5.74) is 7.82. The molecule has 76 valence electrons. The van der Waals surface area contributed by atoms with E-state index in [-0.39, 0.29) is 0 Å². The second-order valence-electron chi connectivity index (χ2n) is 3.93. The van der Waals surface area contributed by atoms with E-state index in [0.717, 1.165) is 5.56 Å². The maximum absolute atomic E-state index is 5.53. The monoisotopic (exact) mass is 191 g/mol. The minimum absolute atomic E-state index is 0.516. The highest BCUT2D eigenvalue weighted by Crippen LogP contribution is 2.28. The van der Waals surface area contributed by atoms with Crippen molar-refractivity contribution in [2.75, 3.05) is 13.6 Å². The van der Waals surface area contributed by atoms with Gasteiger partial charge in [-0.05, 0) is 38.1 Å². The number of hydrogen-bond acceptors (Lipinski definition) is 3. The van der Waals surface area contributed by atoms with Gasteiger partial charge in [-0.3, -0.25) is 9.88 Å². The first-order valence-corrected chi connectivity index (χ1v) is 5.16. The smallest absolute Gasteiger partial charge is 0.0575 e. The molecule has 1 fully saturated rings. The van der Waals surface area contributed by atoms with E-state index >= 15 is 0 Å². The van der Waals surface area contributed by atoms with Crippen LogP contribution in [0.2, 0.25) is 0 Å². The van der Waals surface area contributed by atoms with Crippen LogP contribution in [0, 0.1) is 0 Å². The Balaban J connectivity index is 2.16. The van der Waals surface area contributed by atoms with Crippen molar-refractivity contribution in [2.45, 2.75) is 25.4 Å². The Morgan fingerprint density at radius 3 is 2.93 bits per heavy atom. The molecule has 0 aromatic carbocycles. The Labute approximate surface area is 84.9 Å². The Morgan fingerprint density at radius 1 is 1.57 bits per heavy atom. The Bertz CT molecular complexity index is 294. The third-order valence-corrected chi connectivity index (χ3v) is 2.95. The molecular formula is C11H17N3. The summed E-state index contributed by atoms with van der Waals surface area (Å²) in [5.74, 6) is 0. The van der Waals surface area contributed by atoms with Gasteiger partial charge in [0.2, 0.25) is 0 Å². The van der Waals surface area contributed by atoms with Gasteiger partial charge in [0.05, 0.1) is 11.7 Å². The van der Waals surface area contributed by atoms with E-state index in [0.29, 0.717) is 12.6 Å². The lowest BCUT2D eigenvalue weighted by molar-refractivity contribution is 0.312. The summed E-state index contributed by atoms with van der Waals surface area (Å²) in [5, 5.41) is 0. The van der Waals surface area contributed by atoms with Gasteiger partial charge in [0, 0.05) is 12.7 Å². The first kappa shape index (κ1) is 9.62. The molecule has 0 spiro atoms. The Morgan fingerprint density at radius 2 is 2.43 bits per heavy atom. The number of nitrogens with two attached hydrogens (primary N) is 1. The number of aromatic nitrogens is 1. The van der Waals surface area contributed by atoms with Gasteiger partial charge in [-0.2, -0.15) is 0 Å². The molecule has 0 bridgehead atoms. The van der Waals surface area contributed by atoms with Crippen molar-refractivity contribution in [2.24, 2.45) is 5.73 Å². The summed E-state index contributed by atoms with van der Waals surface area (Å²) >= 11 is 0. The van der Waals surface area contributed by atoms with Gasteiger partial charge in [0.15, 0.2) is 0 Å². The number of rotatable bonds is 2. The van der Waals surface area contributed by atoms with E-state index in [9.17, 15) is 0 Å². The molecule has 1 aliphatic rings. The predicted octanol–water partition coefficient (Wildman–Crippen LogP) is 1.31. The maximum Gasteiger partial charge on any atom is 0.0575 e. The van der Waals surface area contributed by atoms with E-state index in [1.807, 2.05) is 6.20 Å². The zero-order chi connectivity index (χ0) is 9.97. The molecular weight excluding hydrogens is 174 g/mol. The predicted molar refractivity (Wildman–Crippen MR) is 56.7 cm³/mol. The van der Waals surface area contributed by atoms with Gasteiger partial charge >= 0.3 is 0 Å². The molecule has 1 saturated heterocycles. The fourth-order valence-corrected chi connectivity index (χ4v) is 2.04. The van der Waals surface area contributed by atoms with Gasteiger partial charge in [-0.15, -0.1) is 0 Å². The van der Waals surface area contributed by atoms with Crippen molar-refractivity contribution in [1.82, 2.24) is 9.88 Å². The van der Waals surface area contributed by atoms with Crippen LogP contribution in [0.5, 0.6) is 0 Å². The van der Waals surface area contributed by atoms with Crippen LogP contribution in [0.25, 0.3) is 0 Å². The summed E-state index contributed by atoms with van der Waals surface area (Å²) in [6, 6.07) is 4.70. The van der Waals surface area contributed by atoms with Gasteiger partial charge in [-0.25, -0.2) is 0 Å². The fourth-order valence-electron chi connectivity index (χ4n) is 2.04. The van der Waals surface area contributed by atoms with Crippen molar-refractivity contribution in [3.8, 4) is 0 Å². The standard InChI is InChI=1S/C11H17N3/c1-14-6-2-3-11(14)10-5-4-9(7-12)8-13-10/h4-5,8,11H,2-3,6-7,12H2,1H3. The molecule has 1 atom stereocenters. The molecule has 1 unspecified atom stereocenters. The molecule has 2 rings (SSSR count). The van der Waals surface area contributed by atoms with Crippen LogP contribution < -0.4 is 5.73 Å². The molecule has 1 aromatic heterocycles. The molecule has 0 aliphatic carbocycles. The molecule has 3 heteroatoms.